The smallest absolute Gasteiger partial charge is 0.238 e. The van der Waals surface area contributed by atoms with Gasteiger partial charge in [0, 0.05) is 49.5 Å². The number of thiazole rings is 1. The van der Waals surface area contributed by atoms with Crippen LogP contribution in [0.3, 0.4) is 0 Å². The van der Waals surface area contributed by atoms with E-state index >= 15 is 0 Å². The molecule has 1 saturated heterocycles. The highest BCUT2D eigenvalue weighted by molar-refractivity contribution is 7.89. The highest BCUT2D eigenvalue weighted by Gasteiger charge is 2.18. The molecule has 0 aliphatic carbocycles. The third-order valence-electron chi connectivity index (χ3n) is 3.85. The minimum Gasteiger partial charge on any atom is -0.375 e. The van der Waals surface area contributed by atoms with Crippen LogP contribution < -0.4 is 15.8 Å². The van der Waals surface area contributed by atoms with Gasteiger partial charge in [0.2, 0.25) is 10.0 Å². The molecule has 2 aromatic rings. The van der Waals surface area contributed by atoms with E-state index in [1.165, 1.54) is 16.2 Å². The van der Waals surface area contributed by atoms with Crippen molar-refractivity contribution in [1.82, 2.24) is 9.88 Å². The van der Waals surface area contributed by atoms with E-state index in [-0.39, 0.29) is 4.90 Å². The minimum absolute atomic E-state index is 0.141. The van der Waals surface area contributed by atoms with Crippen LogP contribution in [0.25, 0.3) is 0 Å². The van der Waals surface area contributed by atoms with Crippen LogP contribution in [0.2, 0.25) is 0 Å². The molecule has 4 N–H and O–H groups in total. The average Bonchev–Trinajstić information content (AvgIpc) is 2.92. The lowest BCUT2D eigenvalue weighted by molar-refractivity contribution is 0.252. The molecule has 2 heterocycles. The largest absolute Gasteiger partial charge is 0.375 e. The lowest BCUT2D eigenvalue weighted by Crippen LogP contribution is -2.45. The van der Waals surface area contributed by atoms with Crippen molar-refractivity contribution in [3.05, 3.63) is 35.3 Å². The molecule has 1 aliphatic rings. The van der Waals surface area contributed by atoms with E-state index in [1.54, 1.807) is 24.3 Å². The van der Waals surface area contributed by atoms with Crippen LogP contribution >= 0.6 is 11.3 Å². The second kappa shape index (κ2) is 6.44. The maximum absolute atomic E-state index is 11.3. The van der Waals surface area contributed by atoms with Gasteiger partial charge in [0.15, 0.2) is 5.13 Å². The van der Waals surface area contributed by atoms with E-state index in [9.17, 15) is 8.42 Å². The zero-order valence-electron chi connectivity index (χ0n) is 12.6. The molecule has 0 radical (unpaired) electrons. The van der Waals surface area contributed by atoms with Gasteiger partial charge in [-0.15, -0.1) is 11.3 Å². The first-order valence-electron chi connectivity index (χ1n) is 7.22. The summed E-state index contributed by atoms with van der Waals surface area (Å²) >= 11 is 1.53. The van der Waals surface area contributed by atoms with Crippen molar-refractivity contribution in [3.8, 4) is 0 Å². The Morgan fingerprint density at radius 2 is 1.78 bits per heavy atom. The summed E-state index contributed by atoms with van der Waals surface area (Å²) in [5.41, 5.74) is 6.67. The fraction of sp³-hybridized carbons (Fsp3) is 0.357. The molecule has 0 atom stereocenters. The molecule has 0 bridgehead atoms. The second-order valence-electron chi connectivity index (χ2n) is 5.47. The Labute approximate surface area is 139 Å². The quantitative estimate of drug-likeness (QED) is 0.838. The summed E-state index contributed by atoms with van der Waals surface area (Å²) in [7, 11) is -3.63. The molecule has 7 nitrogen and oxygen atoms in total. The molecular formula is C14H19N5O2S2. The summed E-state index contributed by atoms with van der Waals surface area (Å²) < 4.78 is 22.6. The van der Waals surface area contributed by atoms with Gasteiger partial charge in [-0.1, -0.05) is 0 Å². The number of rotatable bonds is 4. The molecule has 9 heteroatoms. The number of primary sulfonamides is 1. The fourth-order valence-electron chi connectivity index (χ4n) is 2.63. The molecule has 3 rings (SSSR count). The van der Waals surface area contributed by atoms with Gasteiger partial charge < -0.3 is 10.6 Å². The van der Waals surface area contributed by atoms with E-state index in [2.05, 4.69) is 14.8 Å². The summed E-state index contributed by atoms with van der Waals surface area (Å²) in [6.07, 6.45) is 1.83. The predicted molar refractivity (Wildman–Crippen MR) is 91.8 cm³/mol. The zero-order valence-corrected chi connectivity index (χ0v) is 14.2. The van der Waals surface area contributed by atoms with Crippen molar-refractivity contribution in [1.29, 1.82) is 0 Å². The van der Waals surface area contributed by atoms with Crippen LogP contribution in [0.1, 0.15) is 4.88 Å². The van der Waals surface area contributed by atoms with Crippen molar-refractivity contribution < 1.29 is 8.42 Å². The van der Waals surface area contributed by atoms with Crippen molar-refractivity contribution >= 4 is 32.2 Å². The molecular weight excluding hydrogens is 334 g/mol. The van der Waals surface area contributed by atoms with Crippen molar-refractivity contribution in [3.63, 3.8) is 0 Å². The van der Waals surface area contributed by atoms with Crippen molar-refractivity contribution in [2.75, 3.05) is 36.8 Å². The maximum Gasteiger partial charge on any atom is 0.238 e. The number of hydrogen-bond donors (Lipinski definition) is 2. The fourth-order valence-corrected chi connectivity index (χ4v) is 3.87. The number of anilines is 2. The normalized spacial score (nSPS) is 16.7. The molecule has 0 spiro atoms. The molecule has 0 amide bonds. The first-order valence-corrected chi connectivity index (χ1v) is 9.58. The Morgan fingerprint density at radius 1 is 1.13 bits per heavy atom. The standard InChI is InChI=1S/C14H19N5O2S2/c15-14-17-9-12(22-14)10-18-5-7-19(8-6-18)11-1-3-13(4-2-11)23(16,20)21/h1-4,9H,5-8,10H2,(H2,15,17)(H2,16,20,21). The maximum atomic E-state index is 11.3. The number of nitrogen functional groups attached to an aromatic ring is 1. The predicted octanol–water partition coefficient (Wildman–Crippen LogP) is 0.695. The molecule has 0 unspecified atom stereocenters. The van der Waals surface area contributed by atoms with Crippen LogP contribution in [0.15, 0.2) is 35.4 Å². The Balaban J connectivity index is 1.58. The molecule has 23 heavy (non-hydrogen) atoms. The van der Waals surface area contributed by atoms with Gasteiger partial charge in [-0.2, -0.15) is 0 Å². The van der Waals surface area contributed by atoms with Crippen molar-refractivity contribution in [2.24, 2.45) is 5.14 Å². The first kappa shape index (κ1) is 16.2. The summed E-state index contributed by atoms with van der Waals surface area (Å²) in [4.78, 5) is 9.99. The van der Waals surface area contributed by atoms with Crippen LogP contribution in [-0.2, 0) is 16.6 Å². The van der Waals surface area contributed by atoms with Gasteiger partial charge in [-0.25, -0.2) is 18.5 Å². The SMILES string of the molecule is Nc1ncc(CN2CCN(c3ccc(S(N)(=O)=O)cc3)CC2)s1. The lowest BCUT2D eigenvalue weighted by atomic mass is 10.2. The topological polar surface area (TPSA) is 106 Å². The van der Waals surface area contributed by atoms with Gasteiger partial charge in [0.05, 0.1) is 4.90 Å². The van der Waals surface area contributed by atoms with Gasteiger partial charge >= 0.3 is 0 Å². The summed E-state index contributed by atoms with van der Waals surface area (Å²) in [5, 5.41) is 5.72. The first-order chi connectivity index (χ1) is 10.9. The Bertz CT molecular complexity index is 765. The zero-order chi connectivity index (χ0) is 16.4. The van der Waals surface area contributed by atoms with Gasteiger partial charge in [0.1, 0.15) is 0 Å². The molecule has 1 aromatic heterocycles. The van der Waals surface area contributed by atoms with Gasteiger partial charge in [-0.05, 0) is 24.3 Å². The van der Waals surface area contributed by atoms with E-state index < -0.39 is 10.0 Å². The molecule has 124 valence electrons. The summed E-state index contributed by atoms with van der Waals surface area (Å²) in [5.74, 6) is 0. The number of nitrogens with two attached hydrogens (primary N) is 2. The van der Waals surface area contributed by atoms with E-state index in [0.717, 1.165) is 38.4 Å². The molecule has 1 aromatic carbocycles. The van der Waals surface area contributed by atoms with E-state index in [4.69, 9.17) is 10.9 Å². The third-order valence-corrected chi connectivity index (χ3v) is 5.59. The molecule has 1 fully saturated rings. The highest BCUT2D eigenvalue weighted by atomic mass is 32.2. The molecule has 1 aliphatic heterocycles. The minimum atomic E-state index is -3.63. The number of hydrogen-bond acceptors (Lipinski definition) is 7. The second-order valence-corrected chi connectivity index (χ2v) is 8.18. The summed E-state index contributed by atoms with van der Waals surface area (Å²) in [6, 6.07) is 6.72. The average molecular weight is 353 g/mol. The molecule has 0 saturated carbocycles. The third kappa shape index (κ3) is 3.99. The Hall–Kier alpha value is -1.68. The van der Waals surface area contributed by atoms with E-state index in [1.807, 2.05) is 6.20 Å². The highest BCUT2D eigenvalue weighted by Crippen LogP contribution is 2.21. The number of nitrogens with zero attached hydrogens (tertiary/aromatic N) is 3. The van der Waals surface area contributed by atoms with Crippen molar-refractivity contribution in [2.45, 2.75) is 11.4 Å². The number of piperazine rings is 1. The van der Waals surface area contributed by atoms with Crippen LogP contribution in [-0.4, -0.2) is 44.5 Å². The Morgan fingerprint density at radius 3 is 2.30 bits per heavy atom. The number of aromatic nitrogens is 1. The number of sulfonamides is 1. The van der Waals surface area contributed by atoms with Crippen LogP contribution in [0, 0.1) is 0 Å². The van der Waals surface area contributed by atoms with Crippen LogP contribution in [0.4, 0.5) is 10.8 Å². The Kier molecular flexibility index (Phi) is 4.53. The van der Waals surface area contributed by atoms with Gasteiger partial charge in [-0.3, -0.25) is 4.90 Å². The lowest BCUT2D eigenvalue weighted by Gasteiger charge is -2.35. The number of benzene rings is 1. The monoisotopic (exact) mass is 353 g/mol. The summed E-state index contributed by atoms with van der Waals surface area (Å²) in [6.45, 7) is 4.53. The van der Waals surface area contributed by atoms with E-state index in [0.29, 0.717) is 5.13 Å². The van der Waals surface area contributed by atoms with Crippen LogP contribution in [0.5, 0.6) is 0 Å². The van der Waals surface area contributed by atoms with Gasteiger partial charge in [0.25, 0.3) is 0 Å².